The normalized spacial score (nSPS) is 11.3. The Hall–Kier alpha value is -3.00. The molecule has 2 N–H and O–H groups in total. The van der Waals surface area contributed by atoms with E-state index in [4.69, 9.17) is 4.98 Å². The summed E-state index contributed by atoms with van der Waals surface area (Å²) >= 11 is 1.52. The summed E-state index contributed by atoms with van der Waals surface area (Å²) in [5.41, 5.74) is 4.14. The third-order valence-corrected chi connectivity index (χ3v) is 5.88. The number of thiazole rings is 1. The first-order chi connectivity index (χ1) is 14.1. The Morgan fingerprint density at radius 2 is 2.07 bits per heavy atom. The van der Waals surface area contributed by atoms with Crippen LogP contribution in [0.1, 0.15) is 36.5 Å². The quantitative estimate of drug-likeness (QED) is 0.448. The zero-order chi connectivity index (χ0) is 20.4. The second-order valence-corrected chi connectivity index (χ2v) is 7.96. The van der Waals surface area contributed by atoms with Gasteiger partial charge in [-0.3, -0.25) is 4.79 Å². The summed E-state index contributed by atoms with van der Waals surface area (Å²) in [5, 5.41) is 6.95. The number of fused-ring (bicyclic) bond motifs is 3. The van der Waals surface area contributed by atoms with Crippen molar-refractivity contribution in [3.8, 4) is 10.6 Å². The Kier molecular flexibility index (Phi) is 5.44. The van der Waals surface area contributed by atoms with E-state index in [-0.39, 0.29) is 5.91 Å². The van der Waals surface area contributed by atoms with Crippen molar-refractivity contribution in [3.05, 3.63) is 36.2 Å². The molecule has 4 aromatic rings. The van der Waals surface area contributed by atoms with Gasteiger partial charge in [0, 0.05) is 31.8 Å². The number of amides is 1. The van der Waals surface area contributed by atoms with Crippen molar-refractivity contribution in [1.82, 2.24) is 24.8 Å². The molecule has 3 heterocycles. The number of benzene rings is 1. The first kappa shape index (κ1) is 19.3. The number of hydrogen-bond acceptors (Lipinski definition) is 6. The molecule has 0 fully saturated rings. The third-order valence-electron chi connectivity index (χ3n) is 4.88. The van der Waals surface area contributed by atoms with Gasteiger partial charge in [0.05, 0.1) is 6.33 Å². The number of aryl methyl sites for hydroxylation is 1. The van der Waals surface area contributed by atoms with Gasteiger partial charge in [0.15, 0.2) is 5.82 Å². The zero-order valence-electron chi connectivity index (χ0n) is 16.8. The van der Waals surface area contributed by atoms with E-state index in [0.717, 1.165) is 57.0 Å². The number of imidazole rings is 1. The maximum absolute atomic E-state index is 12.5. The fraction of sp³-hybridized carbons (Fsp3) is 0.333. The highest BCUT2D eigenvalue weighted by Gasteiger charge is 2.17. The van der Waals surface area contributed by atoms with Crippen LogP contribution < -0.4 is 10.6 Å². The molecule has 0 atom stereocenters. The van der Waals surface area contributed by atoms with Gasteiger partial charge in [-0.05, 0) is 18.6 Å². The minimum Gasteiger partial charge on any atom is -0.371 e. The van der Waals surface area contributed by atoms with Crippen molar-refractivity contribution < 1.29 is 4.79 Å². The number of hydrogen-bond donors (Lipinski definition) is 2. The van der Waals surface area contributed by atoms with Crippen LogP contribution >= 0.6 is 11.3 Å². The average molecular weight is 409 g/mol. The number of pyridine rings is 1. The molecule has 7 nitrogen and oxygen atoms in total. The van der Waals surface area contributed by atoms with Gasteiger partial charge in [-0.25, -0.2) is 15.0 Å². The molecule has 0 aliphatic heterocycles. The molecule has 0 saturated carbocycles. The summed E-state index contributed by atoms with van der Waals surface area (Å²) in [6.45, 7) is 2.85. The number of carbonyl (C=O) groups is 1. The molecule has 0 aliphatic rings. The number of nitrogens with zero attached hydrogens (tertiary/aromatic N) is 4. The SMILES string of the molecule is CCCCCNC(=O)c1cccc(-c2nc3c(nc(NC)c4ncn(C)c43)s2)c1. The van der Waals surface area contributed by atoms with E-state index in [1.165, 1.54) is 11.3 Å². The lowest BCUT2D eigenvalue weighted by atomic mass is 10.1. The first-order valence-electron chi connectivity index (χ1n) is 9.80. The number of nitrogens with one attached hydrogen (secondary N) is 2. The van der Waals surface area contributed by atoms with E-state index in [2.05, 4.69) is 27.5 Å². The second kappa shape index (κ2) is 8.16. The summed E-state index contributed by atoms with van der Waals surface area (Å²) in [7, 11) is 3.80. The van der Waals surface area contributed by atoms with Crippen LogP contribution in [0.25, 0.3) is 32.0 Å². The Labute approximate surface area is 173 Å². The molecule has 0 spiro atoms. The predicted molar refractivity (Wildman–Crippen MR) is 119 cm³/mol. The lowest BCUT2D eigenvalue weighted by Crippen LogP contribution is -2.24. The Morgan fingerprint density at radius 3 is 2.86 bits per heavy atom. The molecular weight excluding hydrogens is 384 g/mol. The average Bonchev–Trinajstić information content (AvgIpc) is 3.34. The minimum absolute atomic E-state index is 0.0475. The monoisotopic (exact) mass is 408 g/mol. The molecule has 8 heteroatoms. The van der Waals surface area contributed by atoms with Crippen molar-refractivity contribution in [2.45, 2.75) is 26.2 Å². The molecule has 29 heavy (non-hydrogen) atoms. The van der Waals surface area contributed by atoms with Crippen molar-refractivity contribution in [2.24, 2.45) is 7.05 Å². The van der Waals surface area contributed by atoms with E-state index in [9.17, 15) is 4.79 Å². The summed E-state index contributed by atoms with van der Waals surface area (Å²) in [4.78, 5) is 27.3. The molecule has 0 aliphatic carbocycles. The van der Waals surface area contributed by atoms with Gasteiger partial charge in [-0.15, -0.1) is 0 Å². The standard InChI is InChI=1S/C21H24N6OS/c1-4-5-6-10-23-19(28)13-8-7-9-14(11-13)20-25-16-17-15(24-12-27(17)3)18(22-2)26-21(16)29-20/h7-9,11-12H,4-6,10H2,1-3H3,(H,22,26)(H,23,28). The molecule has 4 rings (SSSR count). The highest BCUT2D eigenvalue weighted by atomic mass is 32.1. The van der Waals surface area contributed by atoms with Gasteiger partial charge in [-0.1, -0.05) is 43.2 Å². The molecule has 1 aromatic carbocycles. The van der Waals surface area contributed by atoms with E-state index in [1.807, 2.05) is 42.9 Å². The topological polar surface area (TPSA) is 84.7 Å². The number of rotatable bonds is 7. The maximum atomic E-state index is 12.5. The largest absolute Gasteiger partial charge is 0.371 e. The Bertz CT molecular complexity index is 1180. The van der Waals surface area contributed by atoms with Gasteiger partial charge in [0.25, 0.3) is 5.91 Å². The molecule has 0 bridgehead atoms. The van der Waals surface area contributed by atoms with Crippen molar-refractivity contribution in [3.63, 3.8) is 0 Å². The van der Waals surface area contributed by atoms with Crippen LogP contribution in [-0.2, 0) is 7.05 Å². The van der Waals surface area contributed by atoms with E-state index >= 15 is 0 Å². The third kappa shape index (κ3) is 3.67. The Morgan fingerprint density at radius 1 is 1.21 bits per heavy atom. The lowest BCUT2D eigenvalue weighted by Gasteiger charge is -2.05. The first-order valence-corrected chi connectivity index (χ1v) is 10.6. The van der Waals surface area contributed by atoms with Crippen LogP contribution in [0.15, 0.2) is 30.6 Å². The molecule has 0 saturated heterocycles. The van der Waals surface area contributed by atoms with Crippen molar-refractivity contribution in [2.75, 3.05) is 18.9 Å². The van der Waals surface area contributed by atoms with E-state index in [1.54, 1.807) is 6.33 Å². The number of carbonyl (C=O) groups excluding carboxylic acids is 1. The fourth-order valence-electron chi connectivity index (χ4n) is 3.35. The summed E-state index contributed by atoms with van der Waals surface area (Å²) in [5.74, 6) is 0.692. The van der Waals surface area contributed by atoms with Gasteiger partial charge < -0.3 is 15.2 Å². The predicted octanol–water partition coefficient (Wildman–Crippen LogP) is 4.21. The lowest BCUT2D eigenvalue weighted by molar-refractivity contribution is 0.0953. The molecule has 0 radical (unpaired) electrons. The molecular formula is C21H24N6OS. The molecule has 0 unspecified atom stereocenters. The van der Waals surface area contributed by atoms with Gasteiger partial charge in [0.1, 0.15) is 26.4 Å². The van der Waals surface area contributed by atoms with Crippen LogP contribution in [0.2, 0.25) is 0 Å². The number of anilines is 1. The number of aromatic nitrogens is 4. The molecule has 150 valence electrons. The summed E-state index contributed by atoms with van der Waals surface area (Å²) < 4.78 is 1.96. The highest BCUT2D eigenvalue weighted by molar-refractivity contribution is 7.21. The minimum atomic E-state index is -0.0475. The van der Waals surface area contributed by atoms with Crippen LogP contribution in [0.3, 0.4) is 0 Å². The van der Waals surface area contributed by atoms with Crippen LogP contribution in [0.5, 0.6) is 0 Å². The van der Waals surface area contributed by atoms with Crippen molar-refractivity contribution in [1.29, 1.82) is 0 Å². The molecule has 3 aromatic heterocycles. The summed E-state index contributed by atoms with van der Waals surface area (Å²) in [6.07, 6.45) is 5.03. The van der Waals surface area contributed by atoms with Gasteiger partial charge in [0.2, 0.25) is 0 Å². The number of unbranched alkanes of at least 4 members (excludes halogenated alkanes) is 2. The second-order valence-electron chi connectivity index (χ2n) is 6.98. The smallest absolute Gasteiger partial charge is 0.251 e. The van der Waals surface area contributed by atoms with Crippen LogP contribution in [-0.4, -0.2) is 39.0 Å². The fourth-order valence-corrected chi connectivity index (χ4v) is 4.29. The van der Waals surface area contributed by atoms with Gasteiger partial charge in [-0.2, -0.15) is 0 Å². The highest BCUT2D eigenvalue weighted by Crippen LogP contribution is 2.35. The zero-order valence-corrected chi connectivity index (χ0v) is 17.6. The van der Waals surface area contributed by atoms with Crippen LogP contribution in [0, 0.1) is 0 Å². The maximum Gasteiger partial charge on any atom is 0.251 e. The Balaban J connectivity index is 1.69. The van der Waals surface area contributed by atoms with Crippen molar-refractivity contribution >= 4 is 44.4 Å². The molecule has 1 amide bonds. The summed E-state index contributed by atoms with van der Waals surface area (Å²) in [6, 6.07) is 7.61. The van der Waals surface area contributed by atoms with E-state index in [0.29, 0.717) is 12.1 Å². The van der Waals surface area contributed by atoms with E-state index < -0.39 is 0 Å². The van der Waals surface area contributed by atoms with Crippen LogP contribution in [0.4, 0.5) is 5.82 Å². The van der Waals surface area contributed by atoms with Gasteiger partial charge >= 0.3 is 0 Å².